The summed E-state index contributed by atoms with van der Waals surface area (Å²) in [5.41, 5.74) is 0. The van der Waals surface area contributed by atoms with Gasteiger partial charge in [-0.05, 0) is 122 Å². The van der Waals surface area contributed by atoms with Crippen LogP contribution in [-0.2, 0) is 28.6 Å². The van der Waals surface area contributed by atoms with Gasteiger partial charge in [-0.1, -0.05) is 273 Å². The number of rotatable bonds is 60. The first-order chi connectivity index (χ1) is 38.0. The fourth-order valence-corrected chi connectivity index (χ4v) is 9.33. The van der Waals surface area contributed by atoms with Gasteiger partial charge in [0.25, 0.3) is 0 Å². The third-order valence-electron chi connectivity index (χ3n) is 14.3. The van der Waals surface area contributed by atoms with Crippen LogP contribution in [0.25, 0.3) is 0 Å². The highest BCUT2D eigenvalue weighted by Crippen LogP contribution is 2.16. The van der Waals surface area contributed by atoms with Gasteiger partial charge >= 0.3 is 17.9 Å². The van der Waals surface area contributed by atoms with Crippen LogP contribution in [0.2, 0.25) is 0 Å². The number of unbranched alkanes of at least 4 members (excludes halogenated alkanes) is 35. The molecule has 0 spiro atoms. The predicted molar refractivity (Wildman–Crippen MR) is 334 cm³/mol. The first kappa shape index (κ1) is 73.6. The Labute approximate surface area is 477 Å². The molecule has 6 heteroatoms. The second-order valence-corrected chi connectivity index (χ2v) is 22.0. The van der Waals surface area contributed by atoms with E-state index in [1.54, 1.807) is 0 Å². The Kier molecular flexibility index (Phi) is 62.2. The molecule has 0 aliphatic rings. The van der Waals surface area contributed by atoms with Gasteiger partial charge in [-0.3, -0.25) is 14.4 Å². The molecule has 0 amide bonds. The minimum Gasteiger partial charge on any atom is -0.462 e. The first-order valence-electron chi connectivity index (χ1n) is 33.1. The van der Waals surface area contributed by atoms with Gasteiger partial charge in [0.1, 0.15) is 13.2 Å². The van der Waals surface area contributed by atoms with E-state index in [-0.39, 0.29) is 31.1 Å². The molecule has 0 aliphatic carbocycles. The minimum absolute atomic E-state index is 0.0857. The zero-order valence-electron chi connectivity index (χ0n) is 51.0. The van der Waals surface area contributed by atoms with Gasteiger partial charge in [-0.2, -0.15) is 0 Å². The molecular weight excluding hydrogens is 949 g/mol. The summed E-state index contributed by atoms with van der Waals surface area (Å²) in [4.78, 5) is 38.4. The van der Waals surface area contributed by atoms with Gasteiger partial charge in [-0.25, -0.2) is 0 Å². The highest BCUT2D eigenvalue weighted by Gasteiger charge is 2.19. The van der Waals surface area contributed by atoms with Crippen molar-refractivity contribution in [3.8, 4) is 0 Å². The first-order valence-corrected chi connectivity index (χ1v) is 33.1. The molecule has 1 atom stereocenters. The van der Waals surface area contributed by atoms with Crippen LogP contribution in [0, 0.1) is 0 Å². The normalized spacial score (nSPS) is 12.6. The smallest absolute Gasteiger partial charge is 0.306 e. The fraction of sp³-hybridized carbons (Fsp3) is 0.761. The van der Waals surface area contributed by atoms with E-state index in [0.717, 1.165) is 103 Å². The number of allylic oxidation sites excluding steroid dienone is 14. The predicted octanol–water partition coefficient (Wildman–Crippen LogP) is 22.7. The molecule has 0 bridgehead atoms. The van der Waals surface area contributed by atoms with Gasteiger partial charge in [-0.15, -0.1) is 0 Å². The van der Waals surface area contributed by atoms with Crippen LogP contribution < -0.4 is 0 Å². The van der Waals surface area contributed by atoms with E-state index in [9.17, 15) is 14.4 Å². The van der Waals surface area contributed by atoms with Crippen LogP contribution in [0.5, 0.6) is 0 Å². The fourth-order valence-electron chi connectivity index (χ4n) is 9.33. The molecule has 0 aromatic heterocycles. The lowest BCUT2D eigenvalue weighted by Crippen LogP contribution is -2.30. The van der Waals surface area contributed by atoms with Crippen molar-refractivity contribution in [3.05, 3.63) is 85.1 Å². The second kappa shape index (κ2) is 65.1. The Morgan fingerprint density at radius 1 is 0.260 bits per heavy atom. The van der Waals surface area contributed by atoms with Gasteiger partial charge < -0.3 is 14.2 Å². The lowest BCUT2D eigenvalue weighted by molar-refractivity contribution is -0.167. The SMILES string of the molecule is CCCCC/C=C\C/C=C\C/C=C\CCCCCCCCC(=O)OC(COC(=O)CCCCCCCCC/C=C\CCCCCCCC)COC(=O)CCCCCCCCCC/C=C\C/C=C\C/C=C\CCCCCCC. The Morgan fingerprint density at radius 2 is 0.468 bits per heavy atom. The van der Waals surface area contributed by atoms with Crippen molar-refractivity contribution in [1.29, 1.82) is 0 Å². The number of hydrogen-bond acceptors (Lipinski definition) is 6. The highest BCUT2D eigenvalue weighted by atomic mass is 16.6. The quantitative estimate of drug-likeness (QED) is 0.0261. The molecule has 0 aliphatic heterocycles. The van der Waals surface area contributed by atoms with Gasteiger partial charge in [0.2, 0.25) is 0 Å². The summed E-state index contributed by atoms with van der Waals surface area (Å²) < 4.78 is 16.9. The zero-order chi connectivity index (χ0) is 55.7. The molecule has 444 valence electrons. The third-order valence-corrected chi connectivity index (χ3v) is 14.3. The standard InChI is InChI=1S/C71H124O6/c1-4-7-10-13-16-19-22-25-28-31-33-34-35-36-38-40-43-46-49-52-55-58-61-64-70(73)76-67-68(66-75-69(72)63-60-57-54-51-48-45-42-39-30-27-24-21-18-15-12-9-6-3)77-71(74)65-62-59-56-53-50-47-44-41-37-32-29-26-23-20-17-14-11-8-5-2/h17,20,22,25-27,29-31,33,35-37,41,68H,4-16,18-19,21,23-24,28,32,34,38-40,42-67H2,1-3H3/b20-17-,25-22-,29-26-,30-27-,33-31-,36-35-,41-37-. The van der Waals surface area contributed by atoms with Crippen LogP contribution in [0.1, 0.15) is 329 Å². The second-order valence-electron chi connectivity index (χ2n) is 22.0. The number of hydrogen-bond donors (Lipinski definition) is 0. The Bertz CT molecular complexity index is 1470. The van der Waals surface area contributed by atoms with Crippen LogP contribution in [-0.4, -0.2) is 37.2 Å². The van der Waals surface area contributed by atoms with Crippen molar-refractivity contribution in [2.75, 3.05) is 13.2 Å². The van der Waals surface area contributed by atoms with Crippen molar-refractivity contribution < 1.29 is 28.6 Å². The summed E-state index contributed by atoms with van der Waals surface area (Å²) in [6, 6.07) is 0. The molecule has 6 nitrogen and oxygen atoms in total. The number of ether oxygens (including phenoxy) is 3. The molecule has 0 aromatic carbocycles. The average molecular weight is 1070 g/mol. The average Bonchev–Trinajstić information content (AvgIpc) is 3.43. The van der Waals surface area contributed by atoms with Crippen molar-refractivity contribution in [2.24, 2.45) is 0 Å². The van der Waals surface area contributed by atoms with Crippen LogP contribution in [0.4, 0.5) is 0 Å². The molecule has 0 heterocycles. The highest BCUT2D eigenvalue weighted by molar-refractivity contribution is 5.71. The van der Waals surface area contributed by atoms with Crippen molar-refractivity contribution in [3.63, 3.8) is 0 Å². The lowest BCUT2D eigenvalue weighted by atomic mass is 10.1. The van der Waals surface area contributed by atoms with E-state index in [1.807, 2.05) is 0 Å². The molecule has 0 rings (SSSR count). The number of esters is 3. The molecule has 0 N–H and O–H groups in total. The van der Waals surface area contributed by atoms with E-state index in [1.165, 1.54) is 186 Å². The van der Waals surface area contributed by atoms with Gasteiger partial charge in [0.05, 0.1) is 0 Å². The van der Waals surface area contributed by atoms with Crippen LogP contribution in [0.3, 0.4) is 0 Å². The Hall–Kier alpha value is -3.41. The van der Waals surface area contributed by atoms with Gasteiger partial charge in [0.15, 0.2) is 6.10 Å². The number of carbonyl (C=O) groups excluding carboxylic acids is 3. The van der Waals surface area contributed by atoms with E-state index < -0.39 is 6.10 Å². The molecule has 1 unspecified atom stereocenters. The maximum atomic E-state index is 12.9. The minimum atomic E-state index is -0.791. The van der Waals surface area contributed by atoms with E-state index in [2.05, 4.69) is 106 Å². The summed E-state index contributed by atoms with van der Waals surface area (Å²) in [6.45, 7) is 6.61. The molecule has 0 aromatic rings. The molecular formula is C71H124O6. The lowest BCUT2D eigenvalue weighted by Gasteiger charge is -2.18. The topological polar surface area (TPSA) is 78.9 Å². The Morgan fingerprint density at radius 3 is 0.766 bits per heavy atom. The summed E-state index contributed by atoms with van der Waals surface area (Å²) in [5, 5.41) is 0. The van der Waals surface area contributed by atoms with Crippen molar-refractivity contribution >= 4 is 17.9 Å². The maximum absolute atomic E-state index is 12.9. The molecule has 0 fully saturated rings. The van der Waals surface area contributed by atoms with Crippen LogP contribution in [0.15, 0.2) is 85.1 Å². The zero-order valence-corrected chi connectivity index (χ0v) is 51.0. The van der Waals surface area contributed by atoms with Gasteiger partial charge in [0, 0.05) is 19.3 Å². The molecule has 0 saturated carbocycles. The van der Waals surface area contributed by atoms with Crippen LogP contribution >= 0.6 is 0 Å². The van der Waals surface area contributed by atoms with E-state index >= 15 is 0 Å². The third kappa shape index (κ3) is 63.3. The summed E-state index contributed by atoms with van der Waals surface area (Å²) in [6.07, 6.45) is 85.8. The summed E-state index contributed by atoms with van der Waals surface area (Å²) in [5.74, 6) is -0.896. The molecule has 0 radical (unpaired) electrons. The van der Waals surface area contributed by atoms with E-state index in [0.29, 0.717) is 19.3 Å². The van der Waals surface area contributed by atoms with E-state index in [4.69, 9.17) is 14.2 Å². The van der Waals surface area contributed by atoms with Crippen molar-refractivity contribution in [1.82, 2.24) is 0 Å². The Balaban J connectivity index is 4.41. The monoisotopic (exact) mass is 1070 g/mol. The number of carbonyl (C=O) groups is 3. The van der Waals surface area contributed by atoms with Crippen molar-refractivity contribution in [2.45, 2.75) is 335 Å². The molecule has 0 saturated heterocycles. The molecule has 77 heavy (non-hydrogen) atoms. The summed E-state index contributed by atoms with van der Waals surface area (Å²) >= 11 is 0. The largest absolute Gasteiger partial charge is 0.462 e. The summed E-state index contributed by atoms with van der Waals surface area (Å²) in [7, 11) is 0. The maximum Gasteiger partial charge on any atom is 0.306 e.